The lowest BCUT2D eigenvalue weighted by atomic mass is 9.98. The highest BCUT2D eigenvalue weighted by molar-refractivity contribution is 5.68. The van der Waals surface area contributed by atoms with Crippen molar-refractivity contribution in [2.24, 2.45) is 0 Å². The van der Waals surface area contributed by atoms with Gasteiger partial charge in [-0.2, -0.15) is 0 Å². The van der Waals surface area contributed by atoms with Crippen LogP contribution in [0.5, 0.6) is 0 Å². The van der Waals surface area contributed by atoms with Crippen LogP contribution in [0.2, 0.25) is 0 Å². The fraction of sp³-hybridized carbons (Fsp3) is 0.786. The lowest BCUT2D eigenvalue weighted by Crippen LogP contribution is -2.49. The molecule has 4 heteroatoms. The number of hydrogen-bond acceptors (Lipinski definition) is 3. The number of ether oxygens (including phenoxy) is 2. The molecule has 1 aliphatic rings. The largest absolute Gasteiger partial charge is 0.444 e. The summed E-state index contributed by atoms with van der Waals surface area (Å²) in [5, 5.41) is 2.88. The van der Waals surface area contributed by atoms with E-state index in [1.54, 1.807) is 0 Å². The average molecular weight is 255 g/mol. The van der Waals surface area contributed by atoms with Gasteiger partial charge < -0.3 is 14.8 Å². The van der Waals surface area contributed by atoms with E-state index in [1.165, 1.54) is 0 Å². The minimum absolute atomic E-state index is 0.0104. The summed E-state index contributed by atoms with van der Waals surface area (Å²) >= 11 is 0. The third-order valence-electron chi connectivity index (χ3n) is 2.91. The highest BCUT2D eigenvalue weighted by atomic mass is 16.6. The quantitative estimate of drug-likeness (QED) is 0.789. The first-order valence-corrected chi connectivity index (χ1v) is 6.57. The Morgan fingerprint density at radius 1 is 1.50 bits per heavy atom. The van der Waals surface area contributed by atoms with E-state index in [0.29, 0.717) is 0 Å². The van der Waals surface area contributed by atoms with Crippen LogP contribution in [0.1, 0.15) is 47.0 Å². The number of nitrogens with one attached hydrogen (secondary N) is 1. The zero-order valence-corrected chi connectivity index (χ0v) is 11.9. The summed E-state index contributed by atoms with van der Waals surface area (Å²) in [7, 11) is 0. The molecule has 4 nitrogen and oxygen atoms in total. The summed E-state index contributed by atoms with van der Waals surface area (Å²) in [5.74, 6) is 0. The van der Waals surface area contributed by atoms with Gasteiger partial charge in [0.05, 0.1) is 18.2 Å². The van der Waals surface area contributed by atoms with Crippen molar-refractivity contribution >= 4 is 6.09 Å². The topological polar surface area (TPSA) is 47.6 Å². The first-order chi connectivity index (χ1) is 8.31. The molecule has 0 aromatic heterocycles. The van der Waals surface area contributed by atoms with Crippen molar-refractivity contribution < 1.29 is 14.3 Å². The van der Waals surface area contributed by atoms with Crippen LogP contribution in [0.3, 0.4) is 0 Å². The van der Waals surface area contributed by atoms with Crippen molar-refractivity contribution in [2.75, 3.05) is 0 Å². The second-order valence-electron chi connectivity index (χ2n) is 5.82. The Bertz CT molecular complexity index is 296. The second-order valence-corrected chi connectivity index (χ2v) is 5.82. The molecule has 0 radical (unpaired) electrons. The Labute approximate surface area is 110 Å². The molecule has 0 saturated carbocycles. The molecule has 1 amide bonds. The van der Waals surface area contributed by atoms with Crippen molar-refractivity contribution in [1.29, 1.82) is 0 Å². The molecule has 0 aromatic rings. The summed E-state index contributed by atoms with van der Waals surface area (Å²) in [6.45, 7) is 11.3. The van der Waals surface area contributed by atoms with E-state index < -0.39 is 5.60 Å². The van der Waals surface area contributed by atoms with Crippen LogP contribution in [-0.2, 0) is 9.47 Å². The second kappa shape index (κ2) is 6.23. The summed E-state index contributed by atoms with van der Waals surface area (Å²) in [6, 6.07) is 0.0286. The maximum atomic E-state index is 11.7. The van der Waals surface area contributed by atoms with Gasteiger partial charge in [0.1, 0.15) is 5.60 Å². The fourth-order valence-corrected chi connectivity index (χ4v) is 2.07. The molecule has 1 saturated heterocycles. The van der Waals surface area contributed by atoms with Gasteiger partial charge >= 0.3 is 6.09 Å². The van der Waals surface area contributed by atoms with Gasteiger partial charge in [-0.15, -0.1) is 6.58 Å². The van der Waals surface area contributed by atoms with Gasteiger partial charge in [0.2, 0.25) is 0 Å². The first kappa shape index (κ1) is 15.0. The Hall–Kier alpha value is -1.03. The molecule has 1 aliphatic heterocycles. The van der Waals surface area contributed by atoms with Crippen LogP contribution in [0.4, 0.5) is 4.79 Å². The van der Waals surface area contributed by atoms with E-state index in [4.69, 9.17) is 9.47 Å². The van der Waals surface area contributed by atoms with Gasteiger partial charge in [0, 0.05) is 0 Å². The van der Waals surface area contributed by atoms with Gasteiger partial charge in [0.25, 0.3) is 0 Å². The van der Waals surface area contributed by atoms with Gasteiger partial charge in [0.15, 0.2) is 0 Å². The van der Waals surface area contributed by atoms with Crippen LogP contribution in [0.25, 0.3) is 0 Å². The highest BCUT2D eigenvalue weighted by Gasteiger charge is 2.29. The van der Waals surface area contributed by atoms with Crippen molar-refractivity contribution in [3.63, 3.8) is 0 Å². The summed E-state index contributed by atoms with van der Waals surface area (Å²) in [6.07, 6.45) is 4.47. The van der Waals surface area contributed by atoms with Crippen LogP contribution in [0, 0.1) is 0 Å². The van der Waals surface area contributed by atoms with E-state index >= 15 is 0 Å². The summed E-state index contributed by atoms with van der Waals surface area (Å²) in [5.41, 5.74) is -0.464. The molecular formula is C14H25NO3. The monoisotopic (exact) mass is 255 g/mol. The number of carbonyl (C=O) groups excluding carboxylic acids is 1. The van der Waals surface area contributed by atoms with Crippen molar-refractivity contribution in [1.82, 2.24) is 5.32 Å². The molecule has 0 aliphatic carbocycles. The Morgan fingerprint density at radius 3 is 2.67 bits per heavy atom. The molecule has 0 spiro atoms. The molecule has 0 bridgehead atoms. The Balaban J connectivity index is 2.40. The van der Waals surface area contributed by atoms with E-state index in [0.717, 1.165) is 19.3 Å². The Kier molecular flexibility index (Phi) is 5.20. The normalized spacial score (nSPS) is 28.6. The average Bonchev–Trinajstić information content (AvgIpc) is 2.20. The smallest absolute Gasteiger partial charge is 0.407 e. The van der Waals surface area contributed by atoms with Crippen LogP contribution in [-0.4, -0.2) is 29.9 Å². The standard InChI is InChI=1S/C14H25NO3/c1-6-7-11-8-9-12(10(2)17-11)15-13(16)18-14(3,4)5/h6,10-12H,1,7-9H2,2-5H3,(H,15,16)/t10-,11+,12-/m1/s1. The lowest BCUT2D eigenvalue weighted by molar-refractivity contribution is -0.0581. The third-order valence-corrected chi connectivity index (χ3v) is 2.91. The number of rotatable bonds is 3. The zero-order valence-electron chi connectivity index (χ0n) is 11.9. The Morgan fingerprint density at radius 2 is 2.17 bits per heavy atom. The molecular weight excluding hydrogens is 230 g/mol. The van der Waals surface area contributed by atoms with E-state index in [9.17, 15) is 4.79 Å². The maximum absolute atomic E-state index is 11.7. The zero-order chi connectivity index (χ0) is 13.8. The number of alkyl carbamates (subject to hydrolysis) is 1. The van der Waals surface area contributed by atoms with Crippen molar-refractivity contribution in [2.45, 2.75) is 70.8 Å². The molecule has 3 atom stereocenters. The number of amides is 1. The lowest BCUT2D eigenvalue weighted by Gasteiger charge is -2.35. The predicted molar refractivity (Wildman–Crippen MR) is 71.5 cm³/mol. The van der Waals surface area contributed by atoms with Crippen LogP contribution in [0.15, 0.2) is 12.7 Å². The van der Waals surface area contributed by atoms with Gasteiger partial charge in [-0.25, -0.2) is 4.79 Å². The van der Waals surface area contributed by atoms with E-state index in [1.807, 2.05) is 33.8 Å². The number of hydrogen-bond donors (Lipinski definition) is 1. The maximum Gasteiger partial charge on any atom is 0.407 e. The van der Waals surface area contributed by atoms with Crippen molar-refractivity contribution in [3.8, 4) is 0 Å². The molecule has 1 fully saturated rings. The molecule has 18 heavy (non-hydrogen) atoms. The van der Waals surface area contributed by atoms with Crippen LogP contribution >= 0.6 is 0 Å². The highest BCUT2D eigenvalue weighted by Crippen LogP contribution is 2.22. The molecule has 1 heterocycles. The van der Waals surface area contributed by atoms with E-state index in [-0.39, 0.29) is 24.3 Å². The van der Waals surface area contributed by atoms with Gasteiger partial charge in [-0.3, -0.25) is 0 Å². The fourth-order valence-electron chi connectivity index (χ4n) is 2.07. The molecule has 0 aromatic carbocycles. The SMILES string of the molecule is C=CC[C@H]1CC[C@@H](NC(=O)OC(C)(C)C)[C@@H](C)O1. The summed E-state index contributed by atoms with van der Waals surface area (Å²) in [4.78, 5) is 11.7. The molecule has 104 valence electrons. The first-order valence-electron chi connectivity index (χ1n) is 6.57. The number of carbonyl (C=O) groups is 1. The van der Waals surface area contributed by atoms with Gasteiger partial charge in [-0.05, 0) is 47.0 Å². The van der Waals surface area contributed by atoms with Crippen LogP contribution < -0.4 is 5.32 Å². The predicted octanol–water partition coefficient (Wildman–Crippen LogP) is 3.02. The molecule has 1 rings (SSSR count). The minimum Gasteiger partial charge on any atom is -0.444 e. The van der Waals surface area contributed by atoms with E-state index in [2.05, 4.69) is 11.9 Å². The van der Waals surface area contributed by atoms with Gasteiger partial charge in [-0.1, -0.05) is 6.08 Å². The third kappa shape index (κ3) is 5.08. The molecule has 0 unspecified atom stereocenters. The minimum atomic E-state index is -0.464. The summed E-state index contributed by atoms with van der Waals surface area (Å²) < 4.78 is 11.1. The molecule has 1 N–H and O–H groups in total. The van der Waals surface area contributed by atoms with Crippen molar-refractivity contribution in [3.05, 3.63) is 12.7 Å².